The van der Waals surface area contributed by atoms with Gasteiger partial charge < -0.3 is 4.74 Å². The van der Waals surface area contributed by atoms with E-state index in [2.05, 4.69) is 34.7 Å². The summed E-state index contributed by atoms with van der Waals surface area (Å²) in [5, 5.41) is 1.17. The molecule has 0 spiro atoms. The molecule has 0 N–H and O–H groups in total. The van der Waals surface area contributed by atoms with Crippen LogP contribution in [0.3, 0.4) is 0 Å². The zero-order chi connectivity index (χ0) is 10.9. The van der Waals surface area contributed by atoms with E-state index in [9.17, 15) is 0 Å². The van der Waals surface area contributed by atoms with Crippen molar-refractivity contribution in [2.24, 2.45) is 5.41 Å². The minimum atomic E-state index is 0.411. The highest BCUT2D eigenvalue weighted by molar-refractivity contribution is 9.09. The highest BCUT2D eigenvalue weighted by atomic mass is 79.9. The maximum atomic E-state index is 5.67. The number of morpholine rings is 1. The summed E-state index contributed by atoms with van der Waals surface area (Å²) in [4.78, 5) is 2.62. The molecule has 2 nitrogen and oxygen atoms in total. The largest absolute Gasteiger partial charge is 0.376 e. The summed E-state index contributed by atoms with van der Waals surface area (Å²) in [5.41, 5.74) is 0.575. The van der Waals surface area contributed by atoms with Gasteiger partial charge in [-0.05, 0) is 32.1 Å². The van der Waals surface area contributed by atoms with Gasteiger partial charge in [0.05, 0.1) is 12.7 Å². The monoisotopic (exact) mass is 275 g/mol. The fourth-order valence-corrected chi connectivity index (χ4v) is 3.37. The van der Waals surface area contributed by atoms with Crippen molar-refractivity contribution in [3.05, 3.63) is 0 Å². The number of hydrogen-bond acceptors (Lipinski definition) is 2. The normalized spacial score (nSPS) is 36.2. The Hall–Kier alpha value is 0.400. The van der Waals surface area contributed by atoms with Crippen molar-refractivity contribution in [3.63, 3.8) is 0 Å². The predicted molar refractivity (Wildman–Crippen MR) is 66.5 cm³/mol. The van der Waals surface area contributed by atoms with Crippen molar-refractivity contribution in [3.8, 4) is 0 Å². The molecule has 88 valence electrons. The quantitative estimate of drug-likeness (QED) is 0.735. The van der Waals surface area contributed by atoms with E-state index in [1.54, 1.807) is 0 Å². The number of halogens is 1. The molecule has 2 fully saturated rings. The minimum absolute atomic E-state index is 0.411. The first-order valence-electron chi connectivity index (χ1n) is 6.07. The smallest absolute Gasteiger partial charge is 0.0674 e. The van der Waals surface area contributed by atoms with Crippen LogP contribution in [-0.4, -0.2) is 42.1 Å². The summed E-state index contributed by atoms with van der Waals surface area (Å²) in [6.45, 7) is 7.73. The SMILES string of the molecule is CC1CN(CC2(CBr)CCC2)C(C)CO1. The van der Waals surface area contributed by atoms with Gasteiger partial charge in [0.2, 0.25) is 0 Å². The molecule has 15 heavy (non-hydrogen) atoms. The van der Waals surface area contributed by atoms with Gasteiger partial charge in [-0.1, -0.05) is 22.4 Å². The molecule has 2 atom stereocenters. The molecule has 1 aliphatic carbocycles. The topological polar surface area (TPSA) is 12.5 Å². The van der Waals surface area contributed by atoms with Crippen LogP contribution in [0.15, 0.2) is 0 Å². The average Bonchev–Trinajstić information content (AvgIpc) is 2.17. The van der Waals surface area contributed by atoms with Crippen molar-refractivity contribution < 1.29 is 4.74 Å². The van der Waals surface area contributed by atoms with Crippen LogP contribution in [0, 0.1) is 5.41 Å². The molecular formula is C12H22BrNO. The highest BCUT2D eigenvalue weighted by Gasteiger charge is 2.39. The van der Waals surface area contributed by atoms with Crippen LogP contribution in [0.25, 0.3) is 0 Å². The number of hydrogen-bond donors (Lipinski definition) is 0. The van der Waals surface area contributed by atoms with Crippen molar-refractivity contribution in [1.82, 2.24) is 4.90 Å². The van der Waals surface area contributed by atoms with Gasteiger partial charge in [0, 0.05) is 24.5 Å². The average molecular weight is 276 g/mol. The molecule has 0 amide bonds. The zero-order valence-corrected chi connectivity index (χ0v) is 11.4. The molecule has 1 aliphatic heterocycles. The molecule has 0 radical (unpaired) electrons. The van der Waals surface area contributed by atoms with Gasteiger partial charge in [-0.2, -0.15) is 0 Å². The van der Waals surface area contributed by atoms with Gasteiger partial charge in [-0.3, -0.25) is 4.90 Å². The molecule has 2 unspecified atom stereocenters. The Labute approximate surface area is 101 Å². The molecule has 0 aromatic carbocycles. The number of ether oxygens (including phenoxy) is 1. The Bertz CT molecular complexity index is 212. The van der Waals surface area contributed by atoms with Gasteiger partial charge in [-0.25, -0.2) is 0 Å². The van der Waals surface area contributed by atoms with Crippen molar-refractivity contribution in [1.29, 1.82) is 0 Å². The van der Waals surface area contributed by atoms with Gasteiger partial charge in [0.25, 0.3) is 0 Å². The highest BCUT2D eigenvalue weighted by Crippen LogP contribution is 2.43. The van der Waals surface area contributed by atoms with Crippen LogP contribution >= 0.6 is 15.9 Å². The van der Waals surface area contributed by atoms with E-state index < -0.39 is 0 Å². The second-order valence-electron chi connectivity index (χ2n) is 5.41. The number of alkyl halides is 1. The van der Waals surface area contributed by atoms with Crippen LogP contribution < -0.4 is 0 Å². The molecule has 2 rings (SSSR count). The van der Waals surface area contributed by atoms with Gasteiger partial charge in [0.1, 0.15) is 0 Å². The van der Waals surface area contributed by atoms with Crippen LogP contribution in [0.2, 0.25) is 0 Å². The fourth-order valence-electron chi connectivity index (χ4n) is 2.63. The molecule has 0 aromatic heterocycles. The molecule has 1 saturated carbocycles. The van der Waals surface area contributed by atoms with E-state index in [0.29, 0.717) is 17.6 Å². The fraction of sp³-hybridized carbons (Fsp3) is 1.00. The molecule has 2 aliphatic rings. The summed E-state index contributed by atoms with van der Waals surface area (Å²) in [5.74, 6) is 0. The first-order chi connectivity index (χ1) is 7.15. The van der Waals surface area contributed by atoms with Crippen LogP contribution in [0.1, 0.15) is 33.1 Å². The lowest BCUT2D eigenvalue weighted by molar-refractivity contribution is -0.0690. The molecule has 0 bridgehead atoms. The van der Waals surface area contributed by atoms with Crippen molar-refractivity contribution in [2.45, 2.75) is 45.3 Å². The molecule has 0 aromatic rings. The minimum Gasteiger partial charge on any atom is -0.376 e. The number of rotatable bonds is 3. The first-order valence-corrected chi connectivity index (χ1v) is 7.19. The predicted octanol–water partition coefficient (Wildman–Crippen LogP) is 2.66. The maximum absolute atomic E-state index is 5.67. The van der Waals surface area contributed by atoms with E-state index in [0.717, 1.165) is 13.2 Å². The standard InChI is InChI=1S/C12H22BrNO/c1-10-7-15-11(2)6-14(10)9-12(8-13)4-3-5-12/h10-11H,3-9H2,1-2H3. The zero-order valence-electron chi connectivity index (χ0n) is 9.84. The summed E-state index contributed by atoms with van der Waals surface area (Å²) in [6.07, 6.45) is 4.63. The molecule has 3 heteroatoms. The second-order valence-corrected chi connectivity index (χ2v) is 5.97. The summed E-state index contributed by atoms with van der Waals surface area (Å²) in [7, 11) is 0. The van der Waals surface area contributed by atoms with E-state index in [1.165, 1.54) is 31.1 Å². The molecule has 1 heterocycles. The Morgan fingerprint density at radius 2 is 2.13 bits per heavy atom. The third-order valence-corrected chi connectivity index (χ3v) is 5.16. The lowest BCUT2D eigenvalue weighted by Crippen LogP contribution is -2.53. The molecular weight excluding hydrogens is 254 g/mol. The Morgan fingerprint density at radius 1 is 1.40 bits per heavy atom. The van der Waals surface area contributed by atoms with Gasteiger partial charge >= 0.3 is 0 Å². The van der Waals surface area contributed by atoms with Crippen LogP contribution in [0.4, 0.5) is 0 Å². The Balaban J connectivity index is 1.91. The van der Waals surface area contributed by atoms with Gasteiger partial charge in [-0.15, -0.1) is 0 Å². The first kappa shape index (κ1) is 11.9. The summed E-state index contributed by atoms with van der Waals surface area (Å²) >= 11 is 3.69. The Kier molecular flexibility index (Phi) is 3.74. The van der Waals surface area contributed by atoms with Crippen LogP contribution in [-0.2, 0) is 4.74 Å². The van der Waals surface area contributed by atoms with E-state index in [4.69, 9.17) is 4.74 Å². The summed E-state index contributed by atoms with van der Waals surface area (Å²) in [6, 6.07) is 0.595. The maximum Gasteiger partial charge on any atom is 0.0674 e. The lowest BCUT2D eigenvalue weighted by Gasteiger charge is -2.47. The van der Waals surface area contributed by atoms with Gasteiger partial charge in [0.15, 0.2) is 0 Å². The number of nitrogens with zero attached hydrogens (tertiary/aromatic N) is 1. The third kappa shape index (κ3) is 2.56. The van der Waals surface area contributed by atoms with Crippen LogP contribution in [0.5, 0.6) is 0 Å². The molecule has 1 saturated heterocycles. The van der Waals surface area contributed by atoms with Crippen molar-refractivity contribution in [2.75, 3.05) is 25.0 Å². The summed E-state index contributed by atoms with van der Waals surface area (Å²) < 4.78 is 5.67. The van der Waals surface area contributed by atoms with E-state index in [1.807, 2.05) is 0 Å². The second kappa shape index (κ2) is 4.72. The van der Waals surface area contributed by atoms with E-state index >= 15 is 0 Å². The Morgan fingerprint density at radius 3 is 2.67 bits per heavy atom. The third-order valence-electron chi connectivity index (χ3n) is 3.97. The lowest BCUT2D eigenvalue weighted by atomic mass is 9.70. The van der Waals surface area contributed by atoms with Crippen molar-refractivity contribution >= 4 is 15.9 Å². The van der Waals surface area contributed by atoms with E-state index in [-0.39, 0.29) is 0 Å².